The van der Waals surface area contributed by atoms with E-state index in [0.717, 1.165) is 63.1 Å². The summed E-state index contributed by atoms with van der Waals surface area (Å²) >= 11 is 0. The summed E-state index contributed by atoms with van der Waals surface area (Å²) in [5, 5.41) is 0. The van der Waals surface area contributed by atoms with Crippen LogP contribution in [-0.4, -0.2) is 49.4 Å². The van der Waals surface area contributed by atoms with Crippen LogP contribution in [0.3, 0.4) is 0 Å². The summed E-state index contributed by atoms with van der Waals surface area (Å²) in [6.07, 6.45) is 1.07. The Morgan fingerprint density at radius 1 is 0.962 bits per heavy atom. The second-order valence-electron chi connectivity index (χ2n) is 7.47. The number of para-hydroxylation sites is 1. The van der Waals surface area contributed by atoms with E-state index in [-0.39, 0.29) is 0 Å². The van der Waals surface area contributed by atoms with Crippen LogP contribution in [0.2, 0.25) is 0 Å². The molecule has 0 saturated carbocycles. The zero-order valence-electron chi connectivity index (χ0n) is 16.0. The quantitative estimate of drug-likeness (QED) is 0.848. The lowest BCUT2D eigenvalue weighted by Gasteiger charge is -2.38. The van der Waals surface area contributed by atoms with Crippen molar-refractivity contribution < 1.29 is 4.74 Å². The van der Waals surface area contributed by atoms with Crippen LogP contribution in [0.4, 0.5) is 11.5 Å². The average Bonchev–Trinajstić information content (AvgIpc) is 3.16. The molecule has 1 atom stereocenters. The van der Waals surface area contributed by atoms with Crippen molar-refractivity contribution in [1.82, 2.24) is 9.97 Å². The summed E-state index contributed by atoms with van der Waals surface area (Å²) in [5.74, 6) is 2.36. The highest BCUT2D eigenvalue weighted by Crippen LogP contribution is 2.29. The first-order valence-electron chi connectivity index (χ1n) is 9.61. The molecule has 2 saturated heterocycles. The van der Waals surface area contributed by atoms with E-state index in [1.807, 2.05) is 6.92 Å². The average molecular weight is 352 g/mol. The van der Waals surface area contributed by atoms with Gasteiger partial charge in [0.2, 0.25) is 0 Å². The Hall–Kier alpha value is -2.14. The Labute approximate surface area is 156 Å². The van der Waals surface area contributed by atoms with Crippen LogP contribution < -0.4 is 9.80 Å². The highest BCUT2D eigenvalue weighted by atomic mass is 16.5. The number of aromatic nitrogens is 2. The van der Waals surface area contributed by atoms with Gasteiger partial charge in [0.05, 0.1) is 12.3 Å². The van der Waals surface area contributed by atoms with Crippen molar-refractivity contribution in [2.45, 2.75) is 33.1 Å². The van der Waals surface area contributed by atoms with Gasteiger partial charge in [-0.25, -0.2) is 9.97 Å². The Balaban J connectivity index is 1.50. The molecular formula is C21H28N4O. The van der Waals surface area contributed by atoms with Crippen molar-refractivity contribution in [2.75, 3.05) is 49.2 Å². The third kappa shape index (κ3) is 3.40. The molecule has 1 aromatic carbocycles. The van der Waals surface area contributed by atoms with Crippen LogP contribution in [0.5, 0.6) is 0 Å². The maximum Gasteiger partial charge on any atom is 0.132 e. The van der Waals surface area contributed by atoms with E-state index in [1.54, 1.807) is 0 Å². The van der Waals surface area contributed by atoms with Crippen molar-refractivity contribution >= 4 is 11.5 Å². The second kappa shape index (κ2) is 7.23. The van der Waals surface area contributed by atoms with Gasteiger partial charge in [-0.05, 0) is 38.3 Å². The Kier molecular flexibility index (Phi) is 4.81. The summed E-state index contributed by atoms with van der Waals surface area (Å²) in [6.45, 7) is 12.1. The summed E-state index contributed by atoms with van der Waals surface area (Å²) in [7, 11) is 0. The molecule has 26 heavy (non-hydrogen) atoms. The number of nitrogens with zero attached hydrogens (tertiary/aromatic N) is 4. The van der Waals surface area contributed by atoms with Gasteiger partial charge in [-0.2, -0.15) is 0 Å². The van der Waals surface area contributed by atoms with E-state index in [1.165, 1.54) is 16.8 Å². The van der Waals surface area contributed by atoms with Gasteiger partial charge >= 0.3 is 0 Å². The topological polar surface area (TPSA) is 41.5 Å². The smallest absolute Gasteiger partial charge is 0.132 e. The fraction of sp³-hybridized carbons (Fsp3) is 0.524. The third-order valence-corrected chi connectivity index (χ3v) is 5.55. The molecule has 0 N–H and O–H groups in total. The predicted molar refractivity (Wildman–Crippen MR) is 105 cm³/mol. The highest BCUT2D eigenvalue weighted by molar-refractivity contribution is 5.60. The Morgan fingerprint density at radius 2 is 1.65 bits per heavy atom. The van der Waals surface area contributed by atoms with E-state index in [0.29, 0.717) is 5.92 Å². The van der Waals surface area contributed by atoms with Crippen LogP contribution in [0.1, 0.15) is 35.0 Å². The molecule has 5 heteroatoms. The fourth-order valence-corrected chi connectivity index (χ4v) is 4.18. The van der Waals surface area contributed by atoms with Crippen LogP contribution >= 0.6 is 0 Å². The van der Waals surface area contributed by atoms with Crippen molar-refractivity contribution in [1.29, 1.82) is 0 Å². The van der Waals surface area contributed by atoms with Crippen molar-refractivity contribution in [3.05, 3.63) is 46.9 Å². The molecule has 0 radical (unpaired) electrons. The number of aryl methyl sites for hydroxylation is 3. The number of hydrogen-bond acceptors (Lipinski definition) is 5. The monoisotopic (exact) mass is 352 g/mol. The van der Waals surface area contributed by atoms with E-state index in [2.05, 4.69) is 52.9 Å². The van der Waals surface area contributed by atoms with Gasteiger partial charge < -0.3 is 14.5 Å². The number of hydrogen-bond donors (Lipinski definition) is 0. The largest absolute Gasteiger partial charge is 0.381 e. The zero-order valence-corrected chi connectivity index (χ0v) is 16.0. The van der Waals surface area contributed by atoms with Gasteiger partial charge in [-0.3, -0.25) is 0 Å². The molecule has 4 rings (SSSR count). The maximum atomic E-state index is 5.54. The fourth-order valence-electron chi connectivity index (χ4n) is 4.18. The molecule has 0 spiro atoms. The molecule has 3 heterocycles. The van der Waals surface area contributed by atoms with Crippen molar-refractivity contribution in [3.63, 3.8) is 0 Å². The van der Waals surface area contributed by atoms with E-state index < -0.39 is 0 Å². The van der Waals surface area contributed by atoms with Gasteiger partial charge in [-0.1, -0.05) is 18.2 Å². The van der Waals surface area contributed by atoms with E-state index >= 15 is 0 Å². The van der Waals surface area contributed by atoms with Crippen LogP contribution in [0.15, 0.2) is 24.3 Å². The number of ether oxygens (including phenoxy) is 1. The molecule has 1 aromatic heterocycles. The van der Waals surface area contributed by atoms with Gasteiger partial charge in [0.1, 0.15) is 11.6 Å². The SMILES string of the molecule is Cc1nc([C@@H]2CCOC2)cc(N2CCN(c3c(C)cccc3C)CC2)n1. The molecule has 2 aromatic rings. The van der Waals surface area contributed by atoms with Crippen LogP contribution in [-0.2, 0) is 4.74 Å². The first-order chi connectivity index (χ1) is 12.6. The van der Waals surface area contributed by atoms with E-state index in [9.17, 15) is 0 Å². The standard InChI is InChI=1S/C21H28N4O/c1-15-5-4-6-16(2)21(15)25-10-8-24(9-11-25)20-13-19(22-17(3)23-20)18-7-12-26-14-18/h4-6,13,18H,7-12,14H2,1-3H3/t18-/m1/s1. The highest BCUT2D eigenvalue weighted by Gasteiger charge is 2.24. The molecule has 0 bridgehead atoms. The molecule has 0 unspecified atom stereocenters. The summed E-state index contributed by atoms with van der Waals surface area (Å²) in [5.41, 5.74) is 5.26. The van der Waals surface area contributed by atoms with Crippen molar-refractivity contribution in [3.8, 4) is 0 Å². The zero-order chi connectivity index (χ0) is 18.1. The molecule has 2 aliphatic heterocycles. The minimum atomic E-state index is 0.423. The number of benzene rings is 1. The molecule has 2 fully saturated rings. The van der Waals surface area contributed by atoms with Gasteiger partial charge in [0, 0.05) is 50.5 Å². The van der Waals surface area contributed by atoms with Gasteiger partial charge in [0.15, 0.2) is 0 Å². The molecule has 138 valence electrons. The second-order valence-corrected chi connectivity index (χ2v) is 7.47. The summed E-state index contributed by atoms with van der Waals surface area (Å²) < 4.78 is 5.54. The van der Waals surface area contributed by atoms with E-state index in [4.69, 9.17) is 9.72 Å². The lowest BCUT2D eigenvalue weighted by Crippen LogP contribution is -2.47. The summed E-state index contributed by atoms with van der Waals surface area (Å²) in [4.78, 5) is 14.3. The number of piperazine rings is 1. The molecule has 0 amide bonds. The Bertz CT molecular complexity index is 757. The first-order valence-corrected chi connectivity index (χ1v) is 9.61. The number of anilines is 2. The number of rotatable bonds is 3. The molecular weight excluding hydrogens is 324 g/mol. The van der Waals surface area contributed by atoms with Gasteiger partial charge in [-0.15, -0.1) is 0 Å². The summed E-state index contributed by atoms with van der Waals surface area (Å²) in [6, 6.07) is 8.74. The molecule has 5 nitrogen and oxygen atoms in total. The minimum Gasteiger partial charge on any atom is -0.381 e. The van der Waals surface area contributed by atoms with Crippen molar-refractivity contribution in [2.24, 2.45) is 0 Å². The minimum absolute atomic E-state index is 0.423. The molecule has 2 aliphatic rings. The lowest BCUT2D eigenvalue weighted by atomic mass is 10.0. The van der Waals surface area contributed by atoms with Gasteiger partial charge in [0.25, 0.3) is 0 Å². The Morgan fingerprint density at radius 3 is 2.31 bits per heavy atom. The third-order valence-electron chi connectivity index (χ3n) is 5.55. The molecule has 0 aliphatic carbocycles. The lowest BCUT2D eigenvalue weighted by molar-refractivity contribution is 0.193. The van der Waals surface area contributed by atoms with Crippen LogP contribution in [0, 0.1) is 20.8 Å². The predicted octanol–water partition coefficient (Wildman–Crippen LogP) is 3.23. The van der Waals surface area contributed by atoms with Crippen LogP contribution in [0.25, 0.3) is 0 Å². The normalized spacial score (nSPS) is 20.7. The maximum absolute atomic E-state index is 5.54. The first kappa shape index (κ1) is 17.3.